The molecule has 1 heterocycles. The first-order valence-electron chi connectivity index (χ1n) is 7.16. The van der Waals surface area contributed by atoms with E-state index < -0.39 is 0 Å². The number of aliphatic hydroxyl groups excluding tert-OH is 1. The van der Waals surface area contributed by atoms with E-state index in [1.807, 2.05) is 48.5 Å². The Morgan fingerprint density at radius 3 is 2.67 bits per heavy atom. The third kappa shape index (κ3) is 3.53. The van der Waals surface area contributed by atoms with Crippen molar-refractivity contribution in [3.05, 3.63) is 59.3 Å². The van der Waals surface area contributed by atoms with Gasteiger partial charge in [0.1, 0.15) is 28.2 Å². The average molecular weight is 354 g/mol. The predicted octanol–water partition coefficient (Wildman–Crippen LogP) is 4.89. The summed E-state index contributed by atoms with van der Waals surface area (Å²) < 4.78 is 6.12. The smallest absolute Gasteiger partial charge is 0.138 e. The first kappa shape index (κ1) is 16.4. The van der Waals surface area contributed by atoms with Crippen molar-refractivity contribution in [1.82, 2.24) is 4.98 Å². The van der Waals surface area contributed by atoms with Gasteiger partial charge in [0.25, 0.3) is 0 Å². The van der Waals surface area contributed by atoms with E-state index in [2.05, 4.69) is 11.1 Å². The van der Waals surface area contributed by atoms with E-state index in [9.17, 15) is 10.4 Å². The van der Waals surface area contributed by atoms with Crippen LogP contribution in [0.15, 0.2) is 59.2 Å². The van der Waals surface area contributed by atoms with Gasteiger partial charge in [-0.05, 0) is 36.4 Å². The number of aliphatic hydroxyl groups is 1. The van der Waals surface area contributed by atoms with Crippen LogP contribution in [0.4, 0.5) is 0 Å². The lowest BCUT2D eigenvalue weighted by molar-refractivity contribution is 0.414. The summed E-state index contributed by atoms with van der Waals surface area (Å²) in [5.41, 5.74) is 1.07. The number of rotatable bonds is 5. The van der Waals surface area contributed by atoms with Gasteiger partial charge in [-0.1, -0.05) is 12.1 Å². The monoisotopic (exact) mass is 354 g/mol. The maximum atomic E-state index is 10.3. The van der Waals surface area contributed by atoms with Crippen LogP contribution in [-0.2, 0) is 0 Å². The number of nitriles is 1. The summed E-state index contributed by atoms with van der Waals surface area (Å²) in [5, 5.41) is 20.3. The molecule has 0 unspecified atom stereocenters. The molecule has 0 saturated carbocycles. The Balaban J connectivity index is 1.80. The van der Waals surface area contributed by atoms with E-state index in [4.69, 9.17) is 4.74 Å². The third-order valence-corrected chi connectivity index (χ3v) is 5.42. The average Bonchev–Trinajstić information content (AvgIpc) is 3.04. The number of nitrogens with zero attached hydrogens (tertiary/aromatic N) is 2. The SMILES string of the molecule is COc1ccc(SC/C(O)=C(\C#N)c2nc3ccccc3s2)cc1. The quantitative estimate of drug-likeness (QED) is 0.401. The fourth-order valence-corrected chi connectivity index (χ4v) is 3.87. The van der Waals surface area contributed by atoms with Gasteiger partial charge in [-0.25, -0.2) is 4.98 Å². The predicted molar refractivity (Wildman–Crippen MR) is 98.5 cm³/mol. The molecule has 0 amide bonds. The Hall–Kier alpha value is -2.49. The lowest BCUT2D eigenvalue weighted by Gasteiger charge is -2.04. The van der Waals surface area contributed by atoms with Crippen LogP contribution in [0, 0.1) is 11.3 Å². The minimum absolute atomic E-state index is 0.0392. The molecule has 24 heavy (non-hydrogen) atoms. The summed E-state index contributed by atoms with van der Waals surface area (Å²) in [4.78, 5) is 5.42. The second-order valence-corrected chi connectivity index (χ2v) is 6.96. The van der Waals surface area contributed by atoms with Crippen LogP contribution in [0.1, 0.15) is 5.01 Å². The molecule has 120 valence electrons. The summed E-state index contributed by atoms with van der Waals surface area (Å²) in [7, 11) is 1.62. The second kappa shape index (κ2) is 7.39. The zero-order valence-corrected chi connectivity index (χ0v) is 14.5. The Morgan fingerprint density at radius 1 is 1.25 bits per heavy atom. The number of aromatic nitrogens is 1. The Morgan fingerprint density at radius 2 is 2.00 bits per heavy atom. The number of hydrogen-bond donors (Lipinski definition) is 1. The molecule has 0 spiro atoms. The summed E-state index contributed by atoms with van der Waals surface area (Å²) in [6.45, 7) is 0. The van der Waals surface area contributed by atoms with E-state index in [-0.39, 0.29) is 11.3 Å². The molecule has 3 rings (SSSR count). The van der Waals surface area contributed by atoms with Gasteiger partial charge in [0, 0.05) is 4.90 Å². The van der Waals surface area contributed by atoms with Crippen molar-refractivity contribution < 1.29 is 9.84 Å². The standard InChI is InChI=1S/C18H14N2O2S2/c1-22-12-6-8-13(9-7-12)23-11-16(21)14(10-19)18-20-15-4-2-3-5-17(15)24-18/h2-9,21H,11H2,1H3/b16-14-. The first-order chi connectivity index (χ1) is 11.7. The van der Waals surface area contributed by atoms with E-state index >= 15 is 0 Å². The fraction of sp³-hybridized carbons (Fsp3) is 0.111. The number of allylic oxidation sites excluding steroid dienone is 1. The molecule has 0 saturated heterocycles. The van der Waals surface area contributed by atoms with E-state index in [0.29, 0.717) is 10.8 Å². The summed E-state index contributed by atoms with van der Waals surface area (Å²) in [6.07, 6.45) is 0. The summed E-state index contributed by atoms with van der Waals surface area (Å²) in [5.74, 6) is 1.13. The highest BCUT2D eigenvalue weighted by Crippen LogP contribution is 2.30. The molecule has 0 aliphatic rings. The van der Waals surface area contributed by atoms with Crippen LogP contribution in [0.25, 0.3) is 15.8 Å². The minimum Gasteiger partial charge on any atom is -0.510 e. The molecular formula is C18H14N2O2S2. The summed E-state index contributed by atoms with van der Waals surface area (Å²) >= 11 is 2.86. The molecule has 0 radical (unpaired) electrons. The number of hydrogen-bond acceptors (Lipinski definition) is 6. The van der Waals surface area contributed by atoms with Crippen molar-refractivity contribution in [2.24, 2.45) is 0 Å². The fourth-order valence-electron chi connectivity index (χ4n) is 2.11. The van der Waals surface area contributed by atoms with Crippen molar-refractivity contribution in [2.45, 2.75) is 4.90 Å². The van der Waals surface area contributed by atoms with Crippen molar-refractivity contribution in [3.8, 4) is 11.8 Å². The number of thiazole rings is 1. The van der Waals surface area contributed by atoms with E-state index in [1.54, 1.807) is 7.11 Å². The van der Waals surface area contributed by atoms with Crippen LogP contribution < -0.4 is 4.74 Å². The van der Waals surface area contributed by atoms with Gasteiger partial charge in [0.15, 0.2) is 0 Å². The van der Waals surface area contributed by atoms with Crippen LogP contribution >= 0.6 is 23.1 Å². The molecular weight excluding hydrogens is 340 g/mol. The second-order valence-electron chi connectivity index (χ2n) is 4.88. The van der Waals surface area contributed by atoms with Crippen LogP contribution in [0.2, 0.25) is 0 Å². The number of ether oxygens (including phenoxy) is 1. The van der Waals surface area contributed by atoms with Gasteiger partial charge in [-0.3, -0.25) is 0 Å². The zero-order chi connectivity index (χ0) is 16.9. The molecule has 2 aromatic carbocycles. The lowest BCUT2D eigenvalue weighted by Crippen LogP contribution is -1.93. The van der Waals surface area contributed by atoms with Crippen molar-refractivity contribution in [2.75, 3.05) is 12.9 Å². The largest absolute Gasteiger partial charge is 0.510 e. The van der Waals surface area contributed by atoms with Crippen LogP contribution in [0.5, 0.6) is 5.75 Å². The van der Waals surface area contributed by atoms with Crippen molar-refractivity contribution in [3.63, 3.8) is 0 Å². The third-order valence-electron chi connectivity index (χ3n) is 3.34. The Bertz CT molecular complexity index is 891. The van der Waals surface area contributed by atoms with E-state index in [0.717, 1.165) is 20.9 Å². The minimum atomic E-state index is 0.0392. The molecule has 1 aromatic heterocycles. The highest BCUT2D eigenvalue weighted by molar-refractivity contribution is 7.99. The summed E-state index contributed by atoms with van der Waals surface area (Å²) in [6, 6.07) is 17.3. The van der Waals surface area contributed by atoms with Gasteiger partial charge in [-0.15, -0.1) is 23.1 Å². The Kier molecular flexibility index (Phi) is 5.04. The molecule has 0 fully saturated rings. The molecule has 6 heteroatoms. The number of thioether (sulfide) groups is 1. The molecule has 0 bridgehead atoms. The van der Waals surface area contributed by atoms with Crippen LogP contribution in [0.3, 0.4) is 0 Å². The zero-order valence-electron chi connectivity index (χ0n) is 12.9. The maximum Gasteiger partial charge on any atom is 0.138 e. The van der Waals surface area contributed by atoms with Gasteiger partial charge >= 0.3 is 0 Å². The van der Waals surface area contributed by atoms with Gasteiger partial charge in [0.05, 0.1) is 23.1 Å². The number of benzene rings is 2. The lowest BCUT2D eigenvalue weighted by atomic mass is 10.2. The molecule has 0 aliphatic heterocycles. The van der Waals surface area contributed by atoms with Crippen LogP contribution in [-0.4, -0.2) is 23.0 Å². The van der Waals surface area contributed by atoms with Gasteiger partial charge in [0.2, 0.25) is 0 Å². The van der Waals surface area contributed by atoms with Gasteiger partial charge in [-0.2, -0.15) is 5.26 Å². The molecule has 0 aliphatic carbocycles. The number of methoxy groups -OCH3 is 1. The highest BCUT2D eigenvalue weighted by atomic mass is 32.2. The van der Waals surface area contributed by atoms with Gasteiger partial charge < -0.3 is 9.84 Å². The first-order valence-corrected chi connectivity index (χ1v) is 8.96. The number of para-hydroxylation sites is 1. The number of fused-ring (bicyclic) bond motifs is 1. The molecule has 0 atom stereocenters. The molecule has 4 nitrogen and oxygen atoms in total. The molecule has 1 N–H and O–H groups in total. The van der Waals surface area contributed by atoms with Crippen molar-refractivity contribution in [1.29, 1.82) is 5.26 Å². The molecule has 3 aromatic rings. The highest BCUT2D eigenvalue weighted by Gasteiger charge is 2.14. The van der Waals surface area contributed by atoms with E-state index in [1.165, 1.54) is 23.1 Å². The Labute approximate surface area is 148 Å². The topological polar surface area (TPSA) is 66.1 Å². The maximum absolute atomic E-state index is 10.3. The van der Waals surface area contributed by atoms with Crippen molar-refractivity contribution >= 4 is 38.9 Å². The normalized spacial score (nSPS) is 11.8.